The zero-order valence-electron chi connectivity index (χ0n) is 17.3. The van der Waals surface area contributed by atoms with Crippen molar-refractivity contribution in [2.24, 2.45) is 0 Å². The fourth-order valence-corrected chi connectivity index (χ4v) is 3.16. The van der Waals surface area contributed by atoms with Crippen molar-refractivity contribution >= 4 is 34.6 Å². The van der Waals surface area contributed by atoms with E-state index in [0.717, 1.165) is 11.1 Å². The van der Waals surface area contributed by atoms with Crippen molar-refractivity contribution in [1.29, 1.82) is 0 Å². The molecule has 162 valence electrons. The van der Waals surface area contributed by atoms with Gasteiger partial charge < -0.3 is 20.1 Å². The Hall–Kier alpha value is -3.59. The summed E-state index contributed by atoms with van der Waals surface area (Å²) >= 11 is 6.05. The molecule has 3 rings (SSSR count). The predicted octanol–water partition coefficient (Wildman–Crippen LogP) is 4.76. The van der Waals surface area contributed by atoms with Gasteiger partial charge in [-0.2, -0.15) is 0 Å². The molecule has 10 heteroatoms. The lowest BCUT2D eigenvalue weighted by Gasteiger charge is -2.12. The number of ether oxygens (including phenoxy) is 2. The highest BCUT2D eigenvalue weighted by atomic mass is 35.5. The van der Waals surface area contributed by atoms with Gasteiger partial charge in [-0.1, -0.05) is 23.7 Å². The number of benzene rings is 2. The van der Waals surface area contributed by atoms with Crippen LogP contribution in [0, 0.1) is 17.0 Å². The summed E-state index contributed by atoms with van der Waals surface area (Å²) in [5.74, 6) is 1.47. The average molecular weight is 444 g/mol. The maximum Gasteiger partial charge on any atom is 0.353 e. The van der Waals surface area contributed by atoms with Crippen molar-refractivity contribution in [3.8, 4) is 11.5 Å². The van der Waals surface area contributed by atoms with E-state index in [1.807, 2.05) is 31.2 Å². The minimum absolute atomic E-state index is 0.0824. The van der Waals surface area contributed by atoms with E-state index in [9.17, 15) is 10.1 Å². The molecule has 31 heavy (non-hydrogen) atoms. The van der Waals surface area contributed by atoms with Gasteiger partial charge in [-0.15, -0.1) is 0 Å². The van der Waals surface area contributed by atoms with Crippen LogP contribution in [0.5, 0.6) is 11.5 Å². The summed E-state index contributed by atoms with van der Waals surface area (Å²) in [4.78, 5) is 19.4. The van der Waals surface area contributed by atoms with Crippen LogP contribution >= 0.6 is 11.6 Å². The van der Waals surface area contributed by atoms with Crippen LogP contribution in [-0.4, -0.2) is 35.7 Å². The van der Waals surface area contributed by atoms with Gasteiger partial charge in [0.15, 0.2) is 11.5 Å². The predicted molar refractivity (Wildman–Crippen MR) is 120 cm³/mol. The summed E-state index contributed by atoms with van der Waals surface area (Å²) in [5, 5.41) is 18.3. The number of methoxy groups -OCH3 is 2. The van der Waals surface area contributed by atoms with Crippen molar-refractivity contribution in [2.75, 3.05) is 31.4 Å². The largest absolute Gasteiger partial charge is 0.493 e. The second-order valence-corrected chi connectivity index (χ2v) is 7.06. The summed E-state index contributed by atoms with van der Waals surface area (Å²) in [5.41, 5.74) is 2.25. The van der Waals surface area contributed by atoms with Crippen LogP contribution in [0.3, 0.4) is 0 Å². The summed E-state index contributed by atoms with van der Waals surface area (Å²) in [6.45, 7) is 2.29. The minimum atomic E-state index is -0.513. The number of nitro groups is 1. The van der Waals surface area contributed by atoms with Gasteiger partial charge in [-0.3, -0.25) is 10.1 Å². The van der Waals surface area contributed by atoms with Crippen molar-refractivity contribution in [1.82, 2.24) is 9.97 Å². The second kappa shape index (κ2) is 9.94. The standard InChI is InChI=1S/C21H22ClN5O4/c1-13-4-6-15(22)11-16(13)26-21-19(27(28)29)20(24-12-25-21)23-9-8-14-5-7-17(30-2)18(10-14)31-3/h4-7,10-12H,8-9H2,1-3H3,(H2,23,24,25,26). The van der Waals surface area contributed by atoms with Gasteiger partial charge >= 0.3 is 5.69 Å². The molecule has 0 aliphatic heterocycles. The van der Waals surface area contributed by atoms with Gasteiger partial charge in [-0.05, 0) is 48.7 Å². The quantitative estimate of drug-likeness (QED) is 0.359. The molecule has 0 radical (unpaired) electrons. The Kier molecular flexibility index (Phi) is 7.09. The van der Waals surface area contributed by atoms with Crippen LogP contribution in [0.1, 0.15) is 11.1 Å². The second-order valence-electron chi connectivity index (χ2n) is 6.63. The molecule has 2 aromatic carbocycles. The van der Waals surface area contributed by atoms with E-state index in [2.05, 4.69) is 20.6 Å². The summed E-state index contributed by atoms with van der Waals surface area (Å²) in [6, 6.07) is 10.8. The number of hydrogen-bond acceptors (Lipinski definition) is 8. The topological polar surface area (TPSA) is 111 Å². The van der Waals surface area contributed by atoms with Crippen LogP contribution in [0.25, 0.3) is 0 Å². The van der Waals surface area contributed by atoms with E-state index >= 15 is 0 Å². The summed E-state index contributed by atoms with van der Waals surface area (Å²) in [6.07, 6.45) is 1.87. The molecular formula is C21H22ClN5O4. The van der Waals surface area contributed by atoms with Gasteiger partial charge in [0.2, 0.25) is 11.6 Å². The third kappa shape index (κ3) is 5.32. The number of nitrogens with zero attached hydrogens (tertiary/aromatic N) is 3. The SMILES string of the molecule is COc1ccc(CCNc2ncnc(Nc3cc(Cl)ccc3C)c2[N+](=O)[O-])cc1OC. The van der Waals surface area contributed by atoms with Gasteiger partial charge in [0.05, 0.1) is 19.1 Å². The summed E-state index contributed by atoms with van der Waals surface area (Å²) < 4.78 is 10.5. The zero-order valence-corrected chi connectivity index (χ0v) is 18.1. The van der Waals surface area contributed by atoms with E-state index in [1.54, 1.807) is 26.4 Å². The highest BCUT2D eigenvalue weighted by molar-refractivity contribution is 6.30. The molecule has 0 aliphatic carbocycles. The molecule has 0 fully saturated rings. The van der Waals surface area contributed by atoms with Gasteiger partial charge in [0.1, 0.15) is 6.33 Å². The Balaban J connectivity index is 1.78. The monoisotopic (exact) mass is 443 g/mol. The number of aryl methyl sites for hydroxylation is 1. The maximum absolute atomic E-state index is 11.8. The van der Waals surface area contributed by atoms with E-state index < -0.39 is 4.92 Å². The van der Waals surface area contributed by atoms with Crippen molar-refractivity contribution in [2.45, 2.75) is 13.3 Å². The van der Waals surface area contributed by atoms with Crippen LogP contribution in [0.4, 0.5) is 23.0 Å². The number of aromatic nitrogens is 2. The number of hydrogen-bond donors (Lipinski definition) is 2. The molecule has 1 aromatic heterocycles. The Morgan fingerprint density at radius 2 is 1.81 bits per heavy atom. The number of nitrogens with one attached hydrogen (secondary N) is 2. The van der Waals surface area contributed by atoms with Crippen molar-refractivity contribution in [3.05, 3.63) is 69.0 Å². The van der Waals surface area contributed by atoms with Crippen LogP contribution < -0.4 is 20.1 Å². The molecular weight excluding hydrogens is 422 g/mol. The summed E-state index contributed by atoms with van der Waals surface area (Å²) in [7, 11) is 3.14. The van der Waals surface area contributed by atoms with Crippen LogP contribution in [-0.2, 0) is 6.42 Å². The zero-order chi connectivity index (χ0) is 22.4. The van der Waals surface area contributed by atoms with E-state index in [1.165, 1.54) is 6.33 Å². The fourth-order valence-electron chi connectivity index (χ4n) is 2.99. The van der Waals surface area contributed by atoms with Crippen LogP contribution in [0.2, 0.25) is 5.02 Å². The van der Waals surface area contributed by atoms with Gasteiger partial charge in [0, 0.05) is 17.3 Å². The molecule has 0 spiro atoms. The molecule has 2 N–H and O–H groups in total. The molecule has 0 saturated carbocycles. The number of rotatable bonds is 9. The molecule has 0 aliphatic rings. The van der Waals surface area contributed by atoms with Gasteiger partial charge in [-0.25, -0.2) is 9.97 Å². The molecule has 0 amide bonds. The van der Waals surface area contributed by atoms with Gasteiger partial charge in [0.25, 0.3) is 0 Å². The molecule has 1 heterocycles. The van der Waals surface area contributed by atoms with E-state index in [4.69, 9.17) is 21.1 Å². The molecule has 0 atom stereocenters. The lowest BCUT2D eigenvalue weighted by atomic mass is 10.1. The molecule has 3 aromatic rings. The van der Waals surface area contributed by atoms with Crippen molar-refractivity contribution < 1.29 is 14.4 Å². The first-order chi connectivity index (χ1) is 14.9. The first kappa shape index (κ1) is 22.1. The normalized spacial score (nSPS) is 10.5. The molecule has 0 saturated heterocycles. The molecule has 9 nitrogen and oxygen atoms in total. The molecule has 0 unspecified atom stereocenters. The van der Waals surface area contributed by atoms with E-state index in [-0.39, 0.29) is 17.3 Å². The Morgan fingerprint density at radius 1 is 1.06 bits per heavy atom. The van der Waals surface area contributed by atoms with E-state index in [0.29, 0.717) is 35.2 Å². The number of halogens is 1. The lowest BCUT2D eigenvalue weighted by Crippen LogP contribution is -2.11. The lowest BCUT2D eigenvalue weighted by molar-refractivity contribution is -0.383. The Morgan fingerprint density at radius 3 is 2.52 bits per heavy atom. The first-order valence-electron chi connectivity index (χ1n) is 9.40. The average Bonchev–Trinajstić information content (AvgIpc) is 2.76. The Bertz CT molecular complexity index is 1090. The number of anilines is 3. The smallest absolute Gasteiger partial charge is 0.353 e. The van der Waals surface area contributed by atoms with Crippen molar-refractivity contribution in [3.63, 3.8) is 0 Å². The third-order valence-electron chi connectivity index (χ3n) is 4.61. The highest BCUT2D eigenvalue weighted by Crippen LogP contribution is 2.33. The first-order valence-corrected chi connectivity index (χ1v) is 9.78. The minimum Gasteiger partial charge on any atom is -0.493 e. The Labute approximate surface area is 184 Å². The molecule has 0 bridgehead atoms. The fraction of sp³-hybridized carbons (Fsp3) is 0.238. The van der Waals surface area contributed by atoms with Crippen LogP contribution in [0.15, 0.2) is 42.7 Å². The highest BCUT2D eigenvalue weighted by Gasteiger charge is 2.23. The maximum atomic E-state index is 11.8. The third-order valence-corrected chi connectivity index (χ3v) is 4.85.